The van der Waals surface area contributed by atoms with Crippen molar-refractivity contribution in [2.24, 2.45) is 5.92 Å². The van der Waals surface area contributed by atoms with Gasteiger partial charge in [-0.3, -0.25) is 4.79 Å². The van der Waals surface area contributed by atoms with Crippen LogP contribution < -0.4 is 10.6 Å². The largest absolute Gasteiger partial charge is 0.378 e. The highest BCUT2D eigenvalue weighted by Crippen LogP contribution is 2.02. The van der Waals surface area contributed by atoms with E-state index in [4.69, 9.17) is 4.74 Å². The molecule has 0 bridgehead atoms. The van der Waals surface area contributed by atoms with Crippen LogP contribution in [0.15, 0.2) is 0 Å². The average molecular weight is 214 g/mol. The zero-order chi connectivity index (χ0) is 11.1. The molecule has 4 heteroatoms. The Kier molecular flexibility index (Phi) is 5.65. The fraction of sp³-hybridized carbons (Fsp3) is 0.909. The number of carbonyl (C=O) groups is 1. The summed E-state index contributed by atoms with van der Waals surface area (Å²) in [6, 6.07) is -0.155. The molecule has 0 spiro atoms. The quantitative estimate of drug-likeness (QED) is 0.656. The molecule has 0 aromatic carbocycles. The van der Waals surface area contributed by atoms with Gasteiger partial charge in [0.25, 0.3) is 0 Å². The van der Waals surface area contributed by atoms with Crippen LogP contribution in [-0.4, -0.2) is 38.3 Å². The van der Waals surface area contributed by atoms with Gasteiger partial charge in [0.15, 0.2) is 0 Å². The Balaban J connectivity index is 2.07. The van der Waals surface area contributed by atoms with E-state index in [1.807, 2.05) is 0 Å². The average Bonchev–Trinajstić information content (AvgIpc) is 2.25. The summed E-state index contributed by atoms with van der Waals surface area (Å²) < 4.78 is 5.22. The SMILES string of the molecule is CC(C)CCCNC(=O)C1COCCN1. The summed E-state index contributed by atoms with van der Waals surface area (Å²) in [4.78, 5) is 11.6. The minimum Gasteiger partial charge on any atom is -0.378 e. The summed E-state index contributed by atoms with van der Waals surface area (Å²) in [5.41, 5.74) is 0. The first kappa shape index (κ1) is 12.5. The van der Waals surface area contributed by atoms with Crippen LogP contribution in [0.3, 0.4) is 0 Å². The highest BCUT2D eigenvalue weighted by atomic mass is 16.5. The molecule has 0 aromatic rings. The molecule has 0 aromatic heterocycles. The van der Waals surface area contributed by atoms with Crippen molar-refractivity contribution in [2.75, 3.05) is 26.3 Å². The van der Waals surface area contributed by atoms with Crippen molar-refractivity contribution in [1.29, 1.82) is 0 Å². The number of hydrogen-bond acceptors (Lipinski definition) is 3. The highest BCUT2D eigenvalue weighted by molar-refractivity contribution is 5.81. The van der Waals surface area contributed by atoms with Gasteiger partial charge < -0.3 is 15.4 Å². The number of amides is 1. The van der Waals surface area contributed by atoms with Crippen LogP contribution in [0.25, 0.3) is 0 Å². The van der Waals surface area contributed by atoms with Gasteiger partial charge >= 0.3 is 0 Å². The number of carbonyl (C=O) groups excluding carboxylic acids is 1. The summed E-state index contributed by atoms with van der Waals surface area (Å²) >= 11 is 0. The normalized spacial score (nSPS) is 21.7. The van der Waals surface area contributed by atoms with E-state index in [2.05, 4.69) is 24.5 Å². The van der Waals surface area contributed by atoms with E-state index < -0.39 is 0 Å². The lowest BCUT2D eigenvalue weighted by molar-refractivity contribution is -0.125. The maximum Gasteiger partial charge on any atom is 0.239 e. The monoisotopic (exact) mass is 214 g/mol. The van der Waals surface area contributed by atoms with Crippen molar-refractivity contribution in [3.63, 3.8) is 0 Å². The summed E-state index contributed by atoms with van der Waals surface area (Å²) in [6.45, 7) is 7.13. The Morgan fingerprint density at radius 1 is 1.60 bits per heavy atom. The predicted octanol–water partition coefficient (Wildman–Crippen LogP) is 0.527. The molecule has 15 heavy (non-hydrogen) atoms. The Labute approximate surface area is 91.8 Å². The van der Waals surface area contributed by atoms with E-state index in [1.165, 1.54) is 0 Å². The minimum absolute atomic E-state index is 0.0680. The molecule has 1 fully saturated rings. The summed E-state index contributed by atoms with van der Waals surface area (Å²) in [5, 5.41) is 6.06. The van der Waals surface area contributed by atoms with Crippen LogP contribution in [-0.2, 0) is 9.53 Å². The van der Waals surface area contributed by atoms with Crippen LogP contribution in [0.4, 0.5) is 0 Å². The molecule has 1 atom stereocenters. The van der Waals surface area contributed by atoms with E-state index in [0.717, 1.165) is 25.9 Å². The molecular weight excluding hydrogens is 192 g/mol. The number of hydrogen-bond donors (Lipinski definition) is 2. The van der Waals surface area contributed by atoms with Gasteiger partial charge in [-0.05, 0) is 18.8 Å². The van der Waals surface area contributed by atoms with Gasteiger partial charge in [0.2, 0.25) is 5.91 Å². The third-order valence-corrected chi connectivity index (χ3v) is 2.50. The van der Waals surface area contributed by atoms with E-state index in [-0.39, 0.29) is 11.9 Å². The molecule has 1 heterocycles. The Morgan fingerprint density at radius 2 is 2.40 bits per heavy atom. The second kappa shape index (κ2) is 6.80. The lowest BCUT2D eigenvalue weighted by Gasteiger charge is -2.22. The highest BCUT2D eigenvalue weighted by Gasteiger charge is 2.20. The maximum absolute atomic E-state index is 11.6. The first-order valence-corrected chi connectivity index (χ1v) is 5.79. The summed E-state index contributed by atoms with van der Waals surface area (Å²) in [5.74, 6) is 0.775. The molecule has 1 unspecified atom stereocenters. The summed E-state index contributed by atoms with van der Waals surface area (Å²) in [6.07, 6.45) is 2.21. The first-order valence-electron chi connectivity index (χ1n) is 5.79. The number of ether oxygens (including phenoxy) is 1. The molecule has 1 rings (SSSR count). The van der Waals surface area contributed by atoms with Gasteiger partial charge in [0.1, 0.15) is 6.04 Å². The van der Waals surface area contributed by atoms with E-state index in [0.29, 0.717) is 19.1 Å². The first-order chi connectivity index (χ1) is 7.20. The van der Waals surface area contributed by atoms with Crippen LogP contribution >= 0.6 is 0 Å². The van der Waals surface area contributed by atoms with Crippen molar-refractivity contribution in [2.45, 2.75) is 32.7 Å². The van der Waals surface area contributed by atoms with Crippen molar-refractivity contribution < 1.29 is 9.53 Å². The smallest absolute Gasteiger partial charge is 0.239 e. The molecule has 4 nitrogen and oxygen atoms in total. The van der Waals surface area contributed by atoms with E-state index >= 15 is 0 Å². The lowest BCUT2D eigenvalue weighted by Crippen LogP contribution is -2.51. The van der Waals surface area contributed by atoms with Crippen molar-refractivity contribution in [1.82, 2.24) is 10.6 Å². The van der Waals surface area contributed by atoms with Gasteiger partial charge in [0, 0.05) is 13.1 Å². The second-order valence-corrected chi connectivity index (χ2v) is 4.41. The molecule has 0 radical (unpaired) electrons. The lowest BCUT2D eigenvalue weighted by atomic mass is 10.1. The number of rotatable bonds is 5. The van der Waals surface area contributed by atoms with Crippen LogP contribution in [0.5, 0.6) is 0 Å². The van der Waals surface area contributed by atoms with Crippen molar-refractivity contribution in [3.8, 4) is 0 Å². The second-order valence-electron chi connectivity index (χ2n) is 4.41. The molecule has 1 aliphatic heterocycles. The van der Waals surface area contributed by atoms with Gasteiger partial charge in [0.05, 0.1) is 13.2 Å². The molecule has 2 N–H and O–H groups in total. The standard InChI is InChI=1S/C11H22N2O2/c1-9(2)4-3-5-13-11(14)10-8-15-7-6-12-10/h9-10,12H,3-8H2,1-2H3,(H,13,14). The zero-order valence-electron chi connectivity index (χ0n) is 9.71. The predicted molar refractivity (Wildman–Crippen MR) is 59.7 cm³/mol. The van der Waals surface area contributed by atoms with E-state index in [1.54, 1.807) is 0 Å². The van der Waals surface area contributed by atoms with Crippen molar-refractivity contribution in [3.05, 3.63) is 0 Å². The molecule has 1 saturated heterocycles. The topological polar surface area (TPSA) is 50.4 Å². The fourth-order valence-corrected chi connectivity index (χ4v) is 1.58. The van der Waals surface area contributed by atoms with Crippen LogP contribution in [0.2, 0.25) is 0 Å². The zero-order valence-corrected chi connectivity index (χ0v) is 9.71. The number of nitrogens with one attached hydrogen (secondary N) is 2. The van der Waals surface area contributed by atoms with Crippen LogP contribution in [0.1, 0.15) is 26.7 Å². The Bertz CT molecular complexity index is 189. The van der Waals surface area contributed by atoms with Gasteiger partial charge in [-0.1, -0.05) is 13.8 Å². The van der Waals surface area contributed by atoms with Crippen molar-refractivity contribution >= 4 is 5.91 Å². The van der Waals surface area contributed by atoms with Crippen LogP contribution in [0, 0.1) is 5.92 Å². The maximum atomic E-state index is 11.6. The molecule has 88 valence electrons. The van der Waals surface area contributed by atoms with E-state index in [9.17, 15) is 4.79 Å². The Hall–Kier alpha value is -0.610. The van der Waals surface area contributed by atoms with Gasteiger partial charge in [-0.2, -0.15) is 0 Å². The molecule has 0 saturated carbocycles. The van der Waals surface area contributed by atoms with Gasteiger partial charge in [-0.25, -0.2) is 0 Å². The fourth-order valence-electron chi connectivity index (χ4n) is 1.58. The third-order valence-electron chi connectivity index (χ3n) is 2.50. The minimum atomic E-state index is -0.155. The summed E-state index contributed by atoms with van der Waals surface area (Å²) in [7, 11) is 0. The molecule has 1 amide bonds. The number of morpholine rings is 1. The van der Waals surface area contributed by atoms with Gasteiger partial charge in [-0.15, -0.1) is 0 Å². The Morgan fingerprint density at radius 3 is 3.00 bits per heavy atom. The third kappa shape index (κ3) is 5.14. The molecule has 0 aliphatic carbocycles. The molecule has 1 aliphatic rings. The molecular formula is C11H22N2O2.